The first-order valence-electron chi connectivity index (χ1n) is 7.03. The molecular formula is C14H19ClN2O6S. The summed E-state index contributed by atoms with van der Waals surface area (Å²) in [6.07, 6.45) is 0.456. The standard InChI is InChI=1S/C14H19ClN2O6S/c1-23-13(19)3-2-8-16-14(20)12(9-18)17-24(21,22)11-6-4-10(15)5-7-11/h4-7,12,17-18H,2-3,8-9H2,1H3,(H,16,20)/t12-/m0/s1. The third-order valence-corrected chi connectivity index (χ3v) is 4.74. The number of amides is 1. The van der Waals surface area contributed by atoms with Crippen molar-refractivity contribution < 1.29 is 27.9 Å². The van der Waals surface area contributed by atoms with Crippen LogP contribution in [0.15, 0.2) is 29.2 Å². The largest absolute Gasteiger partial charge is 0.469 e. The number of methoxy groups -OCH3 is 1. The molecule has 0 bridgehead atoms. The summed E-state index contributed by atoms with van der Waals surface area (Å²) in [5.74, 6) is -1.11. The van der Waals surface area contributed by atoms with Gasteiger partial charge in [-0.15, -0.1) is 0 Å². The van der Waals surface area contributed by atoms with Crippen LogP contribution in [-0.2, 0) is 24.3 Å². The summed E-state index contributed by atoms with van der Waals surface area (Å²) in [5.41, 5.74) is 0. The number of sulfonamides is 1. The number of nitrogens with one attached hydrogen (secondary N) is 2. The molecule has 0 spiro atoms. The summed E-state index contributed by atoms with van der Waals surface area (Å²) in [6.45, 7) is -0.567. The van der Waals surface area contributed by atoms with Gasteiger partial charge in [0.15, 0.2) is 0 Å². The van der Waals surface area contributed by atoms with E-state index in [1.807, 2.05) is 0 Å². The highest BCUT2D eigenvalue weighted by atomic mass is 35.5. The Balaban J connectivity index is 2.60. The zero-order valence-electron chi connectivity index (χ0n) is 13.0. The second kappa shape index (κ2) is 9.58. The minimum Gasteiger partial charge on any atom is -0.469 e. The molecule has 0 fully saturated rings. The molecule has 1 aromatic carbocycles. The summed E-state index contributed by atoms with van der Waals surface area (Å²) >= 11 is 5.70. The van der Waals surface area contributed by atoms with Crippen LogP contribution in [0.25, 0.3) is 0 Å². The molecule has 0 radical (unpaired) electrons. The van der Waals surface area contributed by atoms with Gasteiger partial charge in [-0.05, 0) is 30.7 Å². The number of rotatable bonds is 9. The first kappa shape index (κ1) is 20.4. The van der Waals surface area contributed by atoms with Gasteiger partial charge in [0.1, 0.15) is 6.04 Å². The number of carbonyl (C=O) groups excluding carboxylic acids is 2. The van der Waals surface area contributed by atoms with Crippen molar-refractivity contribution in [3.8, 4) is 0 Å². The van der Waals surface area contributed by atoms with Crippen LogP contribution in [0.1, 0.15) is 12.8 Å². The molecule has 0 aliphatic rings. The quantitative estimate of drug-likeness (QED) is 0.412. The van der Waals surface area contributed by atoms with Gasteiger partial charge < -0.3 is 15.2 Å². The minimum atomic E-state index is -3.98. The van der Waals surface area contributed by atoms with Crippen LogP contribution in [0.3, 0.4) is 0 Å². The molecule has 0 aliphatic carbocycles. The fourth-order valence-corrected chi connectivity index (χ4v) is 3.02. The summed E-state index contributed by atoms with van der Waals surface area (Å²) in [5, 5.41) is 12.1. The minimum absolute atomic E-state index is 0.0798. The molecule has 1 rings (SSSR count). The highest BCUT2D eigenvalue weighted by Gasteiger charge is 2.24. The molecule has 0 aliphatic heterocycles. The number of hydrogen-bond donors (Lipinski definition) is 3. The van der Waals surface area contributed by atoms with Crippen molar-refractivity contribution in [3.63, 3.8) is 0 Å². The molecule has 134 valence electrons. The molecule has 3 N–H and O–H groups in total. The van der Waals surface area contributed by atoms with E-state index in [-0.39, 0.29) is 17.9 Å². The van der Waals surface area contributed by atoms with Crippen molar-refractivity contribution in [2.75, 3.05) is 20.3 Å². The maximum absolute atomic E-state index is 12.2. The lowest BCUT2D eigenvalue weighted by molar-refractivity contribution is -0.140. The van der Waals surface area contributed by atoms with Gasteiger partial charge in [-0.1, -0.05) is 11.6 Å². The van der Waals surface area contributed by atoms with Crippen LogP contribution >= 0.6 is 11.6 Å². The number of esters is 1. The van der Waals surface area contributed by atoms with E-state index in [0.29, 0.717) is 11.4 Å². The third-order valence-electron chi connectivity index (χ3n) is 3.00. The van der Waals surface area contributed by atoms with E-state index in [1.165, 1.54) is 31.4 Å². The van der Waals surface area contributed by atoms with E-state index in [0.717, 1.165) is 0 Å². The number of halogens is 1. The Morgan fingerprint density at radius 2 is 1.92 bits per heavy atom. The molecule has 1 aromatic rings. The molecule has 0 aromatic heterocycles. The molecular weight excluding hydrogens is 360 g/mol. The molecule has 10 heteroatoms. The lowest BCUT2D eigenvalue weighted by Gasteiger charge is -2.16. The van der Waals surface area contributed by atoms with Crippen molar-refractivity contribution in [3.05, 3.63) is 29.3 Å². The van der Waals surface area contributed by atoms with Crippen molar-refractivity contribution in [1.29, 1.82) is 0 Å². The van der Waals surface area contributed by atoms with Crippen LogP contribution < -0.4 is 10.0 Å². The summed E-state index contributed by atoms with van der Waals surface area (Å²) in [6, 6.07) is 4.03. The molecule has 0 saturated carbocycles. The number of carbonyl (C=O) groups is 2. The smallest absolute Gasteiger partial charge is 0.305 e. The molecule has 8 nitrogen and oxygen atoms in total. The van der Waals surface area contributed by atoms with Crippen molar-refractivity contribution in [2.45, 2.75) is 23.8 Å². The Bertz CT molecular complexity index is 662. The summed E-state index contributed by atoms with van der Waals surface area (Å²) in [7, 11) is -2.73. The van der Waals surface area contributed by atoms with Gasteiger partial charge in [-0.2, -0.15) is 4.72 Å². The molecule has 1 amide bonds. The van der Waals surface area contributed by atoms with Crippen LogP contribution in [0, 0.1) is 0 Å². The Morgan fingerprint density at radius 1 is 1.29 bits per heavy atom. The summed E-state index contributed by atoms with van der Waals surface area (Å²) in [4.78, 5) is 22.8. The van der Waals surface area contributed by atoms with Crippen LogP contribution in [0.4, 0.5) is 0 Å². The SMILES string of the molecule is COC(=O)CCCNC(=O)[C@H](CO)NS(=O)(=O)c1ccc(Cl)cc1. The zero-order chi connectivity index (χ0) is 18.2. The maximum Gasteiger partial charge on any atom is 0.305 e. The average Bonchev–Trinajstić information content (AvgIpc) is 2.56. The molecule has 1 atom stereocenters. The molecule has 0 unspecified atom stereocenters. The van der Waals surface area contributed by atoms with Crippen LogP contribution in [-0.4, -0.2) is 51.7 Å². The predicted molar refractivity (Wildman–Crippen MR) is 86.9 cm³/mol. The molecule has 0 heterocycles. The van der Waals surface area contributed by atoms with Gasteiger partial charge in [0, 0.05) is 18.0 Å². The van der Waals surface area contributed by atoms with Gasteiger partial charge in [-0.3, -0.25) is 9.59 Å². The second-order valence-corrected chi connectivity index (χ2v) is 6.93. The van der Waals surface area contributed by atoms with Crippen LogP contribution in [0.2, 0.25) is 5.02 Å². The fourth-order valence-electron chi connectivity index (χ4n) is 1.71. The Morgan fingerprint density at radius 3 is 2.46 bits per heavy atom. The molecule has 24 heavy (non-hydrogen) atoms. The number of benzene rings is 1. The topological polar surface area (TPSA) is 122 Å². The lowest BCUT2D eigenvalue weighted by Crippen LogP contribution is -2.49. The summed E-state index contributed by atoms with van der Waals surface area (Å²) < 4.78 is 30.9. The van der Waals surface area contributed by atoms with Gasteiger partial charge in [-0.25, -0.2) is 8.42 Å². The zero-order valence-corrected chi connectivity index (χ0v) is 14.6. The van der Waals surface area contributed by atoms with E-state index < -0.39 is 34.5 Å². The Labute approximate surface area is 145 Å². The van der Waals surface area contributed by atoms with Gasteiger partial charge in [0.2, 0.25) is 15.9 Å². The monoisotopic (exact) mass is 378 g/mol. The van der Waals surface area contributed by atoms with Gasteiger partial charge >= 0.3 is 5.97 Å². The van der Waals surface area contributed by atoms with E-state index in [4.69, 9.17) is 11.6 Å². The van der Waals surface area contributed by atoms with Crippen molar-refractivity contribution in [2.24, 2.45) is 0 Å². The van der Waals surface area contributed by atoms with Crippen molar-refractivity contribution in [1.82, 2.24) is 10.0 Å². The van der Waals surface area contributed by atoms with E-state index in [1.54, 1.807) is 0 Å². The number of ether oxygens (including phenoxy) is 1. The lowest BCUT2D eigenvalue weighted by atomic mass is 10.3. The first-order valence-corrected chi connectivity index (χ1v) is 8.89. The van der Waals surface area contributed by atoms with E-state index in [2.05, 4.69) is 14.8 Å². The van der Waals surface area contributed by atoms with Crippen LogP contribution in [0.5, 0.6) is 0 Å². The maximum atomic E-state index is 12.2. The normalized spacial score (nSPS) is 12.5. The molecule has 0 saturated heterocycles. The van der Waals surface area contributed by atoms with Gasteiger partial charge in [0.25, 0.3) is 0 Å². The van der Waals surface area contributed by atoms with Gasteiger partial charge in [0.05, 0.1) is 18.6 Å². The van der Waals surface area contributed by atoms with E-state index in [9.17, 15) is 23.1 Å². The second-order valence-electron chi connectivity index (χ2n) is 4.78. The first-order chi connectivity index (χ1) is 11.3. The number of hydrogen-bond acceptors (Lipinski definition) is 6. The van der Waals surface area contributed by atoms with E-state index >= 15 is 0 Å². The van der Waals surface area contributed by atoms with Crippen molar-refractivity contribution >= 4 is 33.5 Å². The highest BCUT2D eigenvalue weighted by molar-refractivity contribution is 7.89. The predicted octanol–water partition coefficient (Wildman–Crippen LogP) is 0.0486. The highest BCUT2D eigenvalue weighted by Crippen LogP contribution is 2.14. The number of aliphatic hydroxyl groups excluding tert-OH is 1. The average molecular weight is 379 g/mol. The Kier molecular flexibility index (Phi) is 8.13. The Hall–Kier alpha value is -1.68. The number of aliphatic hydroxyl groups is 1. The fraction of sp³-hybridized carbons (Fsp3) is 0.429. The third kappa shape index (κ3) is 6.44.